The van der Waals surface area contributed by atoms with Crippen molar-refractivity contribution >= 4 is 44.2 Å². The van der Waals surface area contributed by atoms with Crippen molar-refractivity contribution in [3.8, 4) is 0 Å². The molecule has 0 spiro atoms. The lowest BCUT2D eigenvalue weighted by atomic mass is 10.1. The minimum absolute atomic E-state index is 0.113. The molecular formula is C29H28INO4S. The molecule has 0 bridgehead atoms. The van der Waals surface area contributed by atoms with Crippen LogP contribution < -0.4 is 0 Å². The number of aryl methyl sites for hydroxylation is 1. The fraction of sp³-hybridized carbons (Fsp3) is 0.138. The summed E-state index contributed by atoms with van der Waals surface area (Å²) in [6.07, 6.45) is 4.90. The number of halogens is 1. The molecule has 0 heterocycles. The summed E-state index contributed by atoms with van der Waals surface area (Å²) in [6, 6.07) is 25.6. The highest BCUT2D eigenvalue weighted by Gasteiger charge is 2.23. The fourth-order valence-electron chi connectivity index (χ4n) is 3.35. The van der Waals surface area contributed by atoms with Crippen LogP contribution in [0.2, 0.25) is 0 Å². The molecule has 0 amide bonds. The lowest BCUT2D eigenvalue weighted by molar-refractivity contribution is -0.138. The first-order chi connectivity index (χ1) is 17.3. The van der Waals surface area contributed by atoms with Crippen molar-refractivity contribution in [2.45, 2.75) is 18.4 Å². The first-order valence-electron chi connectivity index (χ1n) is 11.3. The summed E-state index contributed by atoms with van der Waals surface area (Å²) in [7, 11) is -3.73. The maximum atomic E-state index is 13.3. The van der Waals surface area contributed by atoms with Crippen LogP contribution in [0, 0.1) is 6.92 Å². The first-order valence-corrected chi connectivity index (χ1v) is 13.8. The molecule has 0 saturated carbocycles. The molecule has 186 valence electrons. The van der Waals surface area contributed by atoms with Gasteiger partial charge in [-0.3, -0.25) is 0 Å². The Balaban J connectivity index is 1.81. The zero-order valence-electron chi connectivity index (χ0n) is 20.0. The van der Waals surface area contributed by atoms with Gasteiger partial charge in [0.15, 0.2) is 0 Å². The molecule has 0 aromatic heterocycles. The van der Waals surface area contributed by atoms with Gasteiger partial charge in [-0.05, 0) is 61.9 Å². The van der Waals surface area contributed by atoms with E-state index >= 15 is 0 Å². The maximum Gasteiger partial charge on any atom is 0.331 e. The predicted molar refractivity (Wildman–Crippen MR) is 153 cm³/mol. The minimum atomic E-state index is -3.73. The van der Waals surface area contributed by atoms with E-state index in [2.05, 4.69) is 6.58 Å². The Labute approximate surface area is 227 Å². The van der Waals surface area contributed by atoms with Crippen molar-refractivity contribution in [3.05, 3.63) is 130 Å². The number of rotatable bonds is 11. The second-order valence-corrected chi connectivity index (χ2v) is 11.6. The second-order valence-electron chi connectivity index (χ2n) is 8.09. The van der Waals surface area contributed by atoms with Gasteiger partial charge in [-0.2, -0.15) is 4.31 Å². The van der Waals surface area contributed by atoms with Gasteiger partial charge in [-0.1, -0.05) is 97.1 Å². The third-order valence-corrected chi connectivity index (χ3v) is 7.38. The second kappa shape index (κ2) is 13.3. The molecule has 3 aromatic carbocycles. The Morgan fingerprint density at radius 1 is 0.972 bits per heavy atom. The number of carbonyl (C=O) groups excluding carboxylic acids is 1. The molecule has 0 N–H and O–H groups in total. The molecule has 3 aromatic rings. The third-order valence-electron chi connectivity index (χ3n) is 5.22. The first kappa shape index (κ1) is 27.6. The molecule has 7 heteroatoms. The molecule has 0 aliphatic rings. The number of benzene rings is 3. The van der Waals surface area contributed by atoms with Crippen LogP contribution in [-0.4, -0.2) is 31.8 Å². The SMILES string of the molecule is C=C(I)CN(C/C=C/C(=C\C(=O)OCc1ccccc1)c1ccccc1)S(=O)(=O)c1ccc(C)cc1. The average Bonchev–Trinajstić information content (AvgIpc) is 2.87. The van der Waals surface area contributed by atoms with Crippen LogP contribution in [0.5, 0.6) is 0 Å². The molecule has 0 aliphatic carbocycles. The molecular weight excluding hydrogens is 585 g/mol. The average molecular weight is 614 g/mol. The van der Waals surface area contributed by atoms with Gasteiger partial charge in [-0.25, -0.2) is 13.2 Å². The summed E-state index contributed by atoms with van der Waals surface area (Å²) < 4.78 is 34.0. The molecule has 0 aliphatic heterocycles. The highest BCUT2D eigenvalue weighted by molar-refractivity contribution is 14.1. The zero-order valence-corrected chi connectivity index (χ0v) is 23.0. The van der Waals surface area contributed by atoms with Crippen LogP contribution >= 0.6 is 22.6 Å². The number of hydrogen-bond donors (Lipinski definition) is 0. The van der Waals surface area contributed by atoms with Crippen LogP contribution in [-0.2, 0) is 26.2 Å². The summed E-state index contributed by atoms with van der Waals surface area (Å²) in [5.74, 6) is -0.480. The summed E-state index contributed by atoms with van der Waals surface area (Å²) in [4.78, 5) is 12.8. The van der Waals surface area contributed by atoms with Crippen LogP contribution in [0.15, 0.2) is 118 Å². The number of carbonyl (C=O) groups is 1. The zero-order chi connectivity index (χ0) is 26.0. The van der Waals surface area contributed by atoms with E-state index in [-0.39, 0.29) is 24.6 Å². The standard InChI is InChI=1S/C29H28INO4S/c1-23-15-17-28(18-16-23)36(33,34)31(21-24(2)30)19-9-14-27(26-12-7-4-8-13-26)20-29(32)35-22-25-10-5-3-6-11-25/h3-18,20H,2,19,21-22H2,1H3/b14-9+,27-20+. The van der Waals surface area contributed by atoms with Gasteiger partial charge in [0.05, 0.1) is 4.90 Å². The quantitative estimate of drug-likeness (QED) is 0.110. The summed E-state index contributed by atoms with van der Waals surface area (Å²) in [5, 5.41) is 0. The highest BCUT2D eigenvalue weighted by Crippen LogP contribution is 2.21. The summed E-state index contributed by atoms with van der Waals surface area (Å²) in [5.41, 5.74) is 3.31. The molecule has 0 radical (unpaired) electrons. The molecule has 0 unspecified atom stereocenters. The van der Waals surface area contributed by atoms with Gasteiger partial charge in [0, 0.05) is 19.2 Å². The molecule has 0 atom stereocenters. The molecule has 0 saturated heterocycles. The van der Waals surface area contributed by atoms with E-state index in [4.69, 9.17) is 4.74 Å². The van der Waals surface area contributed by atoms with Gasteiger partial charge >= 0.3 is 5.97 Å². The lowest BCUT2D eigenvalue weighted by Crippen LogP contribution is -2.32. The van der Waals surface area contributed by atoms with Crippen molar-refractivity contribution in [3.63, 3.8) is 0 Å². The maximum absolute atomic E-state index is 13.3. The Morgan fingerprint density at radius 2 is 1.58 bits per heavy atom. The molecule has 5 nitrogen and oxygen atoms in total. The normalized spacial score (nSPS) is 12.1. The van der Waals surface area contributed by atoms with E-state index < -0.39 is 16.0 Å². The van der Waals surface area contributed by atoms with E-state index in [1.54, 1.807) is 36.4 Å². The summed E-state index contributed by atoms with van der Waals surface area (Å²) in [6.45, 7) is 6.24. The van der Waals surface area contributed by atoms with Gasteiger partial charge < -0.3 is 4.74 Å². The van der Waals surface area contributed by atoms with E-state index in [9.17, 15) is 13.2 Å². The van der Waals surface area contributed by atoms with Crippen molar-refractivity contribution in [1.29, 1.82) is 0 Å². The van der Waals surface area contributed by atoms with E-state index in [0.717, 1.165) is 16.7 Å². The smallest absolute Gasteiger partial charge is 0.331 e. The molecule has 0 fully saturated rings. The Hall–Kier alpha value is -3.01. The Kier molecular flexibility index (Phi) is 10.2. The molecule has 3 rings (SSSR count). The molecule has 36 heavy (non-hydrogen) atoms. The van der Waals surface area contributed by atoms with Gasteiger partial charge in [-0.15, -0.1) is 0 Å². The van der Waals surface area contributed by atoms with Crippen molar-refractivity contribution in [2.75, 3.05) is 13.1 Å². The number of esters is 1. The van der Waals surface area contributed by atoms with Crippen LogP contribution in [0.3, 0.4) is 0 Å². The topological polar surface area (TPSA) is 63.7 Å². The minimum Gasteiger partial charge on any atom is -0.458 e. The largest absolute Gasteiger partial charge is 0.458 e. The van der Waals surface area contributed by atoms with Crippen molar-refractivity contribution in [2.24, 2.45) is 0 Å². The fourth-order valence-corrected chi connectivity index (χ4v) is 5.38. The highest BCUT2D eigenvalue weighted by atomic mass is 127. The van der Waals surface area contributed by atoms with E-state index in [1.807, 2.05) is 90.2 Å². The van der Waals surface area contributed by atoms with Crippen LogP contribution in [0.4, 0.5) is 0 Å². The van der Waals surface area contributed by atoms with Crippen molar-refractivity contribution < 1.29 is 17.9 Å². The van der Waals surface area contributed by atoms with E-state index in [1.165, 1.54) is 10.4 Å². The van der Waals surface area contributed by atoms with Gasteiger partial charge in [0.2, 0.25) is 10.0 Å². The number of sulfonamides is 1. The van der Waals surface area contributed by atoms with Crippen LogP contribution in [0.1, 0.15) is 16.7 Å². The van der Waals surface area contributed by atoms with Gasteiger partial charge in [0.25, 0.3) is 0 Å². The van der Waals surface area contributed by atoms with E-state index in [0.29, 0.717) is 9.15 Å². The third kappa shape index (κ3) is 8.29. The monoisotopic (exact) mass is 613 g/mol. The van der Waals surface area contributed by atoms with Crippen molar-refractivity contribution in [1.82, 2.24) is 4.31 Å². The lowest BCUT2D eigenvalue weighted by Gasteiger charge is -2.20. The predicted octanol–water partition coefficient (Wildman–Crippen LogP) is 6.32. The Morgan fingerprint density at radius 3 is 2.19 bits per heavy atom. The summed E-state index contributed by atoms with van der Waals surface area (Å²) >= 11 is 2.03. The van der Waals surface area contributed by atoms with Crippen LogP contribution in [0.25, 0.3) is 5.57 Å². The van der Waals surface area contributed by atoms with Gasteiger partial charge in [0.1, 0.15) is 6.61 Å². The number of allylic oxidation sites excluding steroid dienone is 2. The Bertz CT molecular complexity index is 1330. The number of hydrogen-bond acceptors (Lipinski definition) is 4. The number of nitrogens with zero attached hydrogens (tertiary/aromatic N) is 1. The number of ether oxygens (including phenoxy) is 1.